The Morgan fingerprint density at radius 3 is 2.38 bits per heavy atom. The van der Waals surface area contributed by atoms with Gasteiger partial charge in [-0.25, -0.2) is 0 Å². The summed E-state index contributed by atoms with van der Waals surface area (Å²) in [5.41, 5.74) is 12.4. The van der Waals surface area contributed by atoms with E-state index in [4.69, 9.17) is 0 Å². The van der Waals surface area contributed by atoms with E-state index in [1.54, 1.807) is 0 Å². The molecular weight excluding hydrogens is 494 g/mol. The van der Waals surface area contributed by atoms with Crippen LogP contribution < -0.4 is 14.0 Å². The lowest BCUT2D eigenvalue weighted by Gasteiger charge is -2.16. The van der Waals surface area contributed by atoms with Gasteiger partial charge in [-0.1, -0.05) is 48.2 Å². The van der Waals surface area contributed by atoms with Crippen molar-refractivity contribution in [3.8, 4) is 22.5 Å². The molecule has 0 amide bonds. The van der Waals surface area contributed by atoms with Gasteiger partial charge in [0.05, 0.1) is 27.2 Å². The van der Waals surface area contributed by atoms with E-state index in [0.29, 0.717) is 0 Å². The minimum Gasteiger partial charge on any atom is -0.338 e. The first kappa shape index (κ1) is 23.0. The van der Waals surface area contributed by atoms with Crippen LogP contribution in [0.1, 0.15) is 29.5 Å². The van der Waals surface area contributed by atoms with Crippen molar-refractivity contribution in [1.29, 1.82) is 0 Å². The number of fused-ring (bicyclic) bond motifs is 10. The fourth-order valence-corrected chi connectivity index (χ4v) is 7.89. The van der Waals surface area contributed by atoms with Crippen LogP contribution in [0.3, 0.4) is 0 Å². The van der Waals surface area contributed by atoms with Crippen LogP contribution in [0, 0.1) is 0 Å². The van der Waals surface area contributed by atoms with Gasteiger partial charge in [0.2, 0.25) is 16.9 Å². The molecule has 3 aromatic carbocycles. The highest BCUT2D eigenvalue weighted by molar-refractivity contribution is 8.03. The maximum absolute atomic E-state index is 2.60. The molecule has 0 bridgehead atoms. The molecule has 0 aliphatic carbocycles. The first-order valence-electron chi connectivity index (χ1n) is 14.1. The summed E-state index contributed by atoms with van der Waals surface area (Å²) in [6.45, 7) is 2.10. The normalized spacial score (nSPS) is 16.6. The molecule has 0 spiro atoms. The second-order valence-electron chi connectivity index (χ2n) is 10.9. The van der Waals surface area contributed by atoms with E-state index < -0.39 is 0 Å². The third-order valence-electron chi connectivity index (χ3n) is 8.64. The molecule has 4 heteroatoms. The fraction of sp³-hybridized carbons (Fsp3) is 0.200. The van der Waals surface area contributed by atoms with E-state index in [1.807, 2.05) is 11.8 Å². The number of rotatable bonds is 1. The van der Waals surface area contributed by atoms with E-state index in [0.717, 1.165) is 32.4 Å². The standard InChI is InChI=1S/C35H31N3S/c1-36-29-14-4-5-16-32(29)39-33(36)23-26-22-31-35-25(11-9-21-38(31)28-13-3-2-12-27(26)28)18-17-24-10-8-20-37-19-7-6-15-30(37)34(24)35/h2-7,12-19,22-23H,8-11,20-21H2,1H3/q+2. The second-order valence-corrected chi connectivity index (χ2v) is 11.9. The van der Waals surface area contributed by atoms with Gasteiger partial charge in [0.15, 0.2) is 6.20 Å². The van der Waals surface area contributed by atoms with Crippen molar-refractivity contribution in [2.24, 2.45) is 0 Å². The topological polar surface area (TPSA) is 11.0 Å². The fourth-order valence-electron chi connectivity index (χ4n) is 6.79. The van der Waals surface area contributed by atoms with Gasteiger partial charge >= 0.3 is 0 Å². The van der Waals surface area contributed by atoms with Crippen molar-refractivity contribution in [1.82, 2.24) is 0 Å². The monoisotopic (exact) mass is 525 g/mol. The zero-order valence-electron chi connectivity index (χ0n) is 22.2. The van der Waals surface area contributed by atoms with Crippen LogP contribution in [-0.4, -0.2) is 7.05 Å². The molecule has 3 aliphatic rings. The molecule has 5 heterocycles. The lowest BCUT2D eigenvalue weighted by molar-refractivity contribution is -0.686. The number of anilines is 1. The average Bonchev–Trinajstić information content (AvgIpc) is 3.10. The van der Waals surface area contributed by atoms with Gasteiger partial charge in [-0.05, 0) is 59.9 Å². The maximum Gasteiger partial charge on any atom is 0.214 e. The molecule has 3 aliphatic heterocycles. The van der Waals surface area contributed by atoms with Gasteiger partial charge in [0, 0.05) is 49.1 Å². The molecule has 8 rings (SSSR count). The highest BCUT2D eigenvalue weighted by atomic mass is 32.2. The minimum atomic E-state index is 1.03. The van der Waals surface area contributed by atoms with E-state index in [2.05, 4.69) is 118 Å². The molecule has 5 aromatic rings. The van der Waals surface area contributed by atoms with Crippen LogP contribution in [0.2, 0.25) is 0 Å². The molecule has 0 radical (unpaired) electrons. The molecule has 0 fully saturated rings. The Balaban J connectivity index is 1.41. The van der Waals surface area contributed by atoms with Crippen LogP contribution >= 0.6 is 11.8 Å². The highest BCUT2D eigenvalue weighted by Gasteiger charge is 2.33. The number of pyridine rings is 2. The van der Waals surface area contributed by atoms with Crippen LogP contribution in [0.4, 0.5) is 5.69 Å². The lowest BCUT2D eigenvalue weighted by atomic mass is 9.88. The van der Waals surface area contributed by atoms with Gasteiger partial charge in [-0.3, -0.25) is 0 Å². The number of benzene rings is 3. The summed E-state index contributed by atoms with van der Waals surface area (Å²) in [6, 6.07) is 31.7. The molecule has 0 saturated heterocycles. The predicted molar refractivity (Wildman–Crippen MR) is 161 cm³/mol. The second kappa shape index (κ2) is 9.10. The van der Waals surface area contributed by atoms with Crippen LogP contribution in [0.5, 0.6) is 0 Å². The lowest BCUT2D eigenvalue weighted by Crippen LogP contribution is -2.37. The Bertz CT molecular complexity index is 1820. The minimum absolute atomic E-state index is 1.03. The summed E-state index contributed by atoms with van der Waals surface area (Å²) in [4.78, 5) is 3.66. The van der Waals surface area contributed by atoms with Crippen molar-refractivity contribution in [3.05, 3.63) is 113 Å². The van der Waals surface area contributed by atoms with Gasteiger partial charge < -0.3 is 4.90 Å². The Morgan fingerprint density at radius 1 is 0.769 bits per heavy atom. The molecule has 0 saturated carbocycles. The Kier molecular flexibility index (Phi) is 5.37. The molecule has 2 aromatic heterocycles. The van der Waals surface area contributed by atoms with Crippen molar-refractivity contribution < 1.29 is 9.13 Å². The number of thioether (sulfide) groups is 1. The quantitative estimate of drug-likeness (QED) is 0.215. The summed E-state index contributed by atoms with van der Waals surface area (Å²) < 4.78 is 5.06. The molecule has 0 unspecified atom stereocenters. The van der Waals surface area contributed by atoms with E-state index >= 15 is 0 Å². The molecule has 0 atom stereocenters. The maximum atomic E-state index is 2.60. The van der Waals surface area contributed by atoms with Crippen LogP contribution in [0.25, 0.3) is 39.5 Å². The number of hydrogen-bond acceptors (Lipinski definition) is 2. The van der Waals surface area contributed by atoms with Gasteiger partial charge in [0.1, 0.15) is 13.1 Å². The van der Waals surface area contributed by atoms with Crippen molar-refractivity contribution >= 4 is 34.4 Å². The molecule has 0 N–H and O–H groups in total. The highest BCUT2D eigenvalue weighted by Crippen LogP contribution is 2.46. The predicted octanol–water partition coefficient (Wildman–Crippen LogP) is 7.18. The van der Waals surface area contributed by atoms with Crippen molar-refractivity contribution in [3.63, 3.8) is 0 Å². The summed E-state index contributed by atoms with van der Waals surface area (Å²) in [5, 5.41) is 2.59. The summed E-state index contributed by atoms with van der Waals surface area (Å²) in [5.74, 6) is 0. The van der Waals surface area contributed by atoms with Gasteiger partial charge in [-0.15, -0.1) is 0 Å². The van der Waals surface area contributed by atoms with Crippen LogP contribution in [-0.2, 0) is 25.9 Å². The van der Waals surface area contributed by atoms with Crippen molar-refractivity contribution in [2.75, 3.05) is 11.9 Å². The first-order chi connectivity index (χ1) is 19.3. The molecule has 190 valence electrons. The third kappa shape index (κ3) is 3.65. The number of para-hydroxylation sites is 2. The Morgan fingerprint density at radius 2 is 1.51 bits per heavy atom. The molecular formula is C35H31N3S+2. The Labute approximate surface area is 234 Å². The zero-order chi connectivity index (χ0) is 25.9. The SMILES string of the molecule is CN1/C(=C/c2cc3[n+](c4ccccc24)CCCc2ccc4c(c2-3)-c2cccc[n+]2CCC4)Sc2ccccc21. The third-order valence-corrected chi connectivity index (χ3v) is 9.81. The smallest absolute Gasteiger partial charge is 0.214 e. The number of aromatic nitrogens is 2. The molecule has 3 nitrogen and oxygen atoms in total. The number of hydrogen-bond donors (Lipinski definition) is 0. The summed E-state index contributed by atoms with van der Waals surface area (Å²) in [6.07, 6.45) is 9.21. The van der Waals surface area contributed by atoms with E-state index in [1.165, 1.54) is 72.1 Å². The van der Waals surface area contributed by atoms with Gasteiger partial charge in [-0.2, -0.15) is 9.13 Å². The van der Waals surface area contributed by atoms with Crippen molar-refractivity contribution in [2.45, 2.75) is 43.7 Å². The number of aryl methyl sites for hydroxylation is 4. The first-order valence-corrected chi connectivity index (χ1v) is 14.9. The average molecular weight is 526 g/mol. The zero-order valence-corrected chi connectivity index (χ0v) is 23.0. The van der Waals surface area contributed by atoms with Crippen LogP contribution in [0.15, 0.2) is 101 Å². The Hall–Kier alpha value is -3.89. The number of nitrogens with zero attached hydrogens (tertiary/aromatic N) is 3. The summed E-state index contributed by atoms with van der Waals surface area (Å²) >= 11 is 1.87. The molecule has 39 heavy (non-hydrogen) atoms. The van der Waals surface area contributed by atoms with E-state index in [-0.39, 0.29) is 0 Å². The summed E-state index contributed by atoms with van der Waals surface area (Å²) in [7, 11) is 2.19. The largest absolute Gasteiger partial charge is 0.338 e. The van der Waals surface area contributed by atoms with E-state index in [9.17, 15) is 0 Å². The van der Waals surface area contributed by atoms with Gasteiger partial charge in [0.25, 0.3) is 0 Å².